The molecule has 0 aliphatic carbocycles. The van der Waals surface area contributed by atoms with E-state index in [2.05, 4.69) is 20.2 Å². The van der Waals surface area contributed by atoms with Crippen LogP contribution in [0.4, 0.5) is 10.2 Å². The number of hydrogen-bond acceptors (Lipinski definition) is 5. The standard InChI is InChI=1S/C22H29FN6O2/c1-17-14-20(29(25-17)19-6-4-18(23)5-7-19)24-21(30)15-26-10-12-27(13-11-26)16-22(31)28-8-2-3-9-28/h4-7,14H,2-3,8-13,15-16H2,1H3,(H,24,30). The zero-order valence-electron chi connectivity index (χ0n) is 17.9. The number of benzene rings is 1. The lowest BCUT2D eigenvalue weighted by atomic mass is 10.3. The molecule has 166 valence electrons. The summed E-state index contributed by atoms with van der Waals surface area (Å²) in [5.41, 5.74) is 1.44. The van der Waals surface area contributed by atoms with E-state index >= 15 is 0 Å². The van der Waals surface area contributed by atoms with Crippen molar-refractivity contribution in [3.63, 3.8) is 0 Å². The van der Waals surface area contributed by atoms with Gasteiger partial charge in [0.2, 0.25) is 11.8 Å². The number of nitrogens with zero attached hydrogens (tertiary/aromatic N) is 5. The molecule has 2 aromatic rings. The molecule has 1 N–H and O–H groups in total. The molecular weight excluding hydrogens is 399 g/mol. The highest BCUT2D eigenvalue weighted by Crippen LogP contribution is 2.18. The first-order chi connectivity index (χ1) is 15.0. The Hall–Kier alpha value is -2.78. The van der Waals surface area contributed by atoms with Crippen molar-refractivity contribution in [1.82, 2.24) is 24.5 Å². The summed E-state index contributed by atoms with van der Waals surface area (Å²) in [5, 5.41) is 7.33. The average molecular weight is 429 g/mol. The summed E-state index contributed by atoms with van der Waals surface area (Å²) in [6, 6.07) is 7.78. The van der Waals surface area contributed by atoms with Crippen molar-refractivity contribution in [2.75, 3.05) is 57.7 Å². The van der Waals surface area contributed by atoms with Crippen molar-refractivity contribution in [1.29, 1.82) is 0 Å². The number of likely N-dealkylation sites (tertiary alicyclic amines) is 1. The summed E-state index contributed by atoms with van der Waals surface area (Å²) in [6.45, 7) is 7.41. The number of amides is 2. The number of aromatic nitrogens is 2. The molecule has 2 fully saturated rings. The van der Waals surface area contributed by atoms with E-state index in [1.807, 2.05) is 11.8 Å². The van der Waals surface area contributed by atoms with Gasteiger partial charge in [0.15, 0.2) is 0 Å². The molecule has 0 saturated carbocycles. The Labute approximate surface area is 181 Å². The lowest BCUT2D eigenvalue weighted by molar-refractivity contribution is -0.132. The zero-order valence-corrected chi connectivity index (χ0v) is 17.9. The lowest BCUT2D eigenvalue weighted by Gasteiger charge is -2.34. The molecule has 9 heteroatoms. The van der Waals surface area contributed by atoms with Gasteiger partial charge in [-0.25, -0.2) is 9.07 Å². The van der Waals surface area contributed by atoms with E-state index in [4.69, 9.17) is 0 Å². The molecule has 0 spiro atoms. The largest absolute Gasteiger partial charge is 0.342 e. The number of nitrogens with one attached hydrogen (secondary N) is 1. The van der Waals surface area contributed by atoms with E-state index < -0.39 is 0 Å². The van der Waals surface area contributed by atoms with Gasteiger partial charge in [-0.1, -0.05) is 0 Å². The maximum atomic E-state index is 13.2. The molecule has 0 unspecified atom stereocenters. The SMILES string of the molecule is Cc1cc(NC(=O)CN2CCN(CC(=O)N3CCCC3)CC2)n(-c2ccc(F)cc2)n1. The monoisotopic (exact) mass is 428 g/mol. The van der Waals surface area contributed by atoms with E-state index in [0.29, 0.717) is 18.1 Å². The maximum absolute atomic E-state index is 13.2. The third-order valence-electron chi connectivity index (χ3n) is 5.82. The van der Waals surface area contributed by atoms with Gasteiger partial charge in [0, 0.05) is 45.3 Å². The summed E-state index contributed by atoms with van der Waals surface area (Å²) in [5.74, 6) is 0.335. The molecule has 31 heavy (non-hydrogen) atoms. The predicted octanol–water partition coefficient (Wildman–Crippen LogP) is 1.50. The van der Waals surface area contributed by atoms with Gasteiger partial charge in [0.05, 0.1) is 24.5 Å². The Balaban J connectivity index is 1.27. The van der Waals surface area contributed by atoms with Crippen LogP contribution in [0.15, 0.2) is 30.3 Å². The Bertz CT molecular complexity index is 915. The van der Waals surface area contributed by atoms with Gasteiger partial charge >= 0.3 is 0 Å². The van der Waals surface area contributed by atoms with Crippen LogP contribution in [0.2, 0.25) is 0 Å². The molecule has 3 heterocycles. The maximum Gasteiger partial charge on any atom is 0.239 e. The van der Waals surface area contributed by atoms with Crippen LogP contribution in [0.5, 0.6) is 0 Å². The number of piperazine rings is 1. The summed E-state index contributed by atoms with van der Waals surface area (Å²) < 4.78 is 14.8. The quantitative estimate of drug-likeness (QED) is 0.755. The lowest BCUT2D eigenvalue weighted by Crippen LogP contribution is -2.51. The third kappa shape index (κ3) is 5.48. The molecule has 2 aliphatic heterocycles. The topological polar surface area (TPSA) is 73.7 Å². The minimum absolute atomic E-state index is 0.121. The summed E-state index contributed by atoms with van der Waals surface area (Å²) in [7, 11) is 0. The van der Waals surface area contributed by atoms with Gasteiger partial charge < -0.3 is 10.2 Å². The normalized spacial score (nSPS) is 17.8. The number of anilines is 1. The van der Waals surface area contributed by atoms with Crippen LogP contribution in [0.25, 0.3) is 5.69 Å². The van der Waals surface area contributed by atoms with Crippen LogP contribution in [-0.4, -0.2) is 88.7 Å². The molecule has 1 aromatic heterocycles. The summed E-state index contributed by atoms with van der Waals surface area (Å²) >= 11 is 0. The number of hydrogen-bond donors (Lipinski definition) is 1. The van der Waals surface area contributed by atoms with Crippen LogP contribution in [0, 0.1) is 12.7 Å². The van der Waals surface area contributed by atoms with Gasteiger partial charge in [-0.05, 0) is 44.0 Å². The second kappa shape index (κ2) is 9.57. The van der Waals surface area contributed by atoms with E-state index in [1.165, 1.54) is 12.1 Å². The van der Waals surface area contributed by atoms with E-state index in [9.17, 15) is 14.0 Å². The first-order valence-corrected chi connectivity index (χ1v) is 10.8. The molecule has 0 bridgehead atoms. The summed E-state index contributed by atoms with van der Waals surface area (Å²) in [6.07, 6.45) is 2.21. The van der Waals surface area contributed by atoms with Crippen LogP contribution >= 0.6 is 0 Å². The highest BCUT2D eigenvalue weighted by Gasteiger charge is 2.24. The molecule has 0 atom stereocenters. The zero-order chi connectivity index (χ0) is 21.8. The van der Waals surface area contributed by atoms with Gasteiger partial charge in [-0.15, -0.1) is 0 Å². The highest BCUT2D eigenvalue weighted by atomic mass is 19.1. The van der Waals surface area contributed by atoms with Crippen molar-refractivity contribution in [2.24, 2.45) is 0 Å². The van der Waals surface area contributed by atoms with Crippen LogP contribution in [0.1, 0.15) is 18.5 Å². The van der Waals surface area contributed by atoms with Crippen LogP contribution in [-0.2, 0) is 9.59 Å². The van der Waals surface area contributed by atoms with Crippen molar-refractivity contribution < 1.29 is 14.0 Å². The Morgan fingerprint density at radius 3 is 2.23 bits per heavy atom. The van der Waals surface area contributed by atoms with Crippen LogP contribution < -0.4 is 5.32 Å². The van der Waals surface area contributed by atoms with Crippen LogP contribution in [0.3, 0.4) is 0 Å². The Morgan fingerprint density at radius 2 is 1.58 bits per heavy atom. The van der Waals surface area contributed by atoms with Gasteiger partial charge in [-0.2, -0.15) is 5.10 Å². The van der Waals surface area contributed by atoms with Crippen molar-refractivity contribution >= 4 is 17.6 Å². The number of rotatable bonds is 6. The molecular formula is C22H29FN6O2. The fourth-order valence-corrected chi connectivity index (χ4v) is 4.12. The molecule has 2 amide bonds. The van der Waals surface area contributed by atoms with Gasteiger partial charge in [0.25, 0.3) is 0 Å². The number of halogens is 1. The first-order valence-electron chi connectivity index (χ1n) is 10.8. The van der Waals surface area contributed by atoms with Crippen molar-refractivity contribution in [2.45, 2.75) is 19.8 Å². The molecule has 8 nitrogen and oxygen atoms in total. The fraction of sp³-hybridized carbons (Fsp3) is 0.500. The Morgan fingerprint density at radius 1 is 0.968 bits per heavy atom. The minimum atomic E-state index is -0.320. The molecule has 1 aromatic carbocycles. The molecule has 0 radical (unpaired) electrons. The smallest absolute Gasteiger partial charge is 0.239 e. The minimum Gasteiger partial charge on any atom is -0.342 e. The fourth-order valence-electron chi connectivity index (χ4n) is 4.12. The van der Waals surface area contributed by atoms with E-state index in [1.54, 1.807) is 22.9 Å². The number of aryl methyl sites for hydroxylation is 1. The molecule has 2 saturated heterocycles. The highest BCUT2D eigenvalue weighted by molar-refractivity contribution is 5.91. The second-order valence-corrected chi connectivity index (χ2v) is 8.25. The average Bonchev–Trinajstić information content (AvgIpc) is 3.40. The predicted molar refractivity (Wildman–Crippen MR) is 116 cm³/mol. The second-order valence-electron chi connectivity index (χ2n) is 8.25. The van der Waals surface area contributed by atoms with Gasteiger partial charge in [-0.3, -0.25) is 19.4 Å². The van der Waals surface area contributed by atoms with E-state index in [-0.39, 0.29) is 24.2 Å². The summed E-state index contributed by atoms with van der Waals surface area (Å²) in [4.78, 5) is 31.2. The third-order valence-corrected chi connectivity index (χ3v) is 5.82. The van der Waals surface area contributed by atoms with E-state index in [0.717, 1.165) is 57.8 Å². The number of carbonyl (C=O) groups is 2. The van der Waals surface area contributed by atoms with Crippen molar-refractivity contribution in [3.05, 3.63) is 41.8 Å². The van der Waals surface area contributed by atoms with Crippen molar-refractivity contribution in [3.8, 4) is 5.69 Å². The number of carbonyl (C=O) groups excluding carboxylic acids is 2. The molecule has 4 rings (SSSR count). The Kier molecular flexibility index (Phi) is 6.62. The first kappa shape index (κ1) is 21.5. The van der Waals surface area contributed by atoms with Gasteiger partial charge in [0.1, 0.15) is 11.6 Å². The molecule has 2 aliphatic rings.